The number of nitrogen functional groups attached to an aromatic ring is 1. The predicted molar refractivity (Wildman–Crippen MR) is 76.0 cm³/mol. The standard InChI is InChI=1S/C13H20N6O/c1-5-10-11(14)12(19(4)16-10)13(20)17(2)7-9-6-15-18(3)8-9/h6,8H,5,7,14H2,1-4H3. The summed E-state index contributed by atoms with van der Waals surface area (Å²) in [6, 6.07) is 0. The zero-order valence-electron chi connectivity index (χ0n) is 12.3. The van der Waals surface area contributed by atoms with E-state index in [1.165, 1.54) is 0 Å². The van der Waals surface area contributed by atoms with E-state index in [-0.39, 0.29) is 5.91 Å². The van der Waals surface area contributed by atoms with Crippen molar-refractivity contribution >= 4 is 11.6 Å². The van der Waals surface area contributed by atoms with Gasteiger partial charge in [0, 0.05) is 39.4 Å². The maximum absolute atomic E-state index is 12.5. The van der Waals surface area contributed by atoms with Gasteiger partial charge in [0.25, 0.3) is 5.91 Å². The lowest BCUT2D eigenvalue weighted by Gasteiger charge is -2.16. The average molecular weight is 276 g/mol. The average Bonchev–Trinajstić information content (AvgIpc) is 2.92. The van der Waals surface area contributed by atoms with E-state index in [1.54, 1.807) is 34.6 Å². The Hall–Kier alpha value is -2.31. The fraction of sp³-hybridized carbons (Fsp3) is 0.462. The van der Waals surface area contributed by atoms with Crippen LogP contribution >= 0.6 is 0 Å². The molecule has 2 rings (SSSR count). The van der Waals surface area contributed by atoms with E-state index in [0.717, 1.165) is 11.3 Å². The minimum Gasteiger partial charge on any atom is -0.395 e. The quantitative estimate of drug-likeness (QED) is 0.885. The normalized spacial score (nSPS) is 10.8. The highest BCUT2D eigenvalue weighted by molar-refractivity contribution is 5.97. The van der Waals surface area contributed by atoms with Gasteiger partial charge in [-0.25, -0.2) is 0 Å². The molecule has 0 aromatic carbocycles. The van der Waals surface area contributed by atoms with Crippen molar-refractivity contribution < 1.29 is 4.79 Å². The van der Waals surface area contributed by atoms with E-state index in [4.69, 9.17) is 5.73 Å². The van der Waals surface area contributed by atoms with Gasteiger partial charge in [-0.1, -0.05) is 6.92 Å². The van der Waals surface area contributed by atoms with E-state index in [0.29, 0.717) is 24.3 Å². The van der Waals surface area contributed by atoms with Crippen LogP contribution in [0.4, 0.5) is 5.69 Å². The third-order valence-electron chi connectivity index (χ3n) is 3.22. The number of hydrogen-bond acceptors (Lipinski definition) is 4. The van der Waals surface area contributed by atoms with Crippen LogP contribution in [0.3, 0.4) is 0 Å². The second-order valence-corrected chi connectivity index (χ2v) is 4.87. The molecule has 2 aromatic heterocycles. The van der Waals surface area contributed by atoms with Crippen LogP contribution in [-0.2, 0) is 27.1 Å². The summed E-state index contributed by atoms with van der Waals surface area (Å²) in [5.74, 6) is -0.138. The first kappa shape index (κ1) is 14.1. The molecule has 108 valence electrons. The van der Waals surface area contributed by atoms with E-state index in [2.05, 4.69) is 10.2 Å². The number of aromatic nitrogens is 4. The van der Waals surface area contributed by atoms with Gasteiger partial charge in [0.1, 0.15) is 5.69 Å². The van der Waals surface area contributed by atoms with Gasteiger partial charge in [0.15, 0.2) is 0 Å². The first-order valence-corrected chi connectivity index (χ1v) is 6.48. The zero-order valence-corrected chi connectivity index (χ0v) is 12.3. The molecular formula is C13H20N6O. The molecule has 0 bridgehead atoms. The van der Waals surface area contributed by atoms with Gasteiger partial charge in [0.05, 0.1) is 17.6 Å². The molecule has 0 spiro atoms. The number of nitrogens with two attached hydrogens (primary N) is 1. The Morgan fingerprint density at radius 3 is 2.65 bits per heavy atom. The molecule has 0 fully saturated rings. The van der Waals surface area contributed by atoms with Gasteiger partial charge >= 0.3 is 0 Å². The van der Waals surface area contributed by atoms with Gasteiger partial charge in [-0.3, -0.25) is 14.2 Å². The third kappa shape index (κ3) is 2.52. The Morgan fingerprint density at radius 2 is 2.15 bits per heavy atom. The second-order valence-electron chi connectivity index (χ2n) is 4.87. The number of carbonyl (C=O) groups is 1. The molecule has 0 aliphatic rings. The van der Waals surface area contributed by atoms with Crippen LogP contribution in [-0.4, -0.2) is 37.4 Å². The first-order chi connectivity index (χ1) is 9.43. The number of anilines is 1. The molecule has 2 aromatic rings. The third-order valence-corrected chi connectivity index (χ3v) is 3.22. The summed E-state index contributed by atoms with van der Waals surface area (Å²) in [4.78, 5) is 14.1. The summed E-state index contributed by atoms with van der Waals surface area (Å²) < 4.78 is 3.26. The fourth-order valence-electron chi connectivity index (χ4n) is 2.19. The number of rotatable bonds is 4. The lowest BCUT2D eigenvalue weighted by molar-refractivity contribution is 0.0775. The van der Waals surface area contributed by atoms with Crippen molar-refractivity contribution in [2.75, 3.05) is 12.8 Å². The van der Waals surface area contributed by atoms with Crippen molar-refractivity contribution in [2.45, 2.75) is 19.9 Å². The van der Waals surface area contributed by atoms with Crippen LogP contribution in [0, 0.1) is 0 Å². The molecule has 0 saturated carbocycles. The molecule has 0 aliphatic heterocycles. The molecule has 0 unspecified atom stereocenters. The van der Waals surface area contributed by atoms with Crippen molar-refractivity contribution in [1.82, 2.24) is 24.5 Å². The molecule has 7 nitrogen and oxygen atoms in total. The lowest BCUT2D eigenvalue weighted by Crippen LogP contribution is -2.28. The van der Waals surface area contributed by atoms with Crippen LogP contribution in [0.5, 0.6) is 0 Å². The van der Waals surface area contributed by atoms with E-state index < -0.39 is 0 Å². The highest BCUT2D eigenvalue weighted by atomic mass is 16.2. The first-order valence-electron chi connectivity index (χ1n) is 6.48. The Bertz CT molecular complexity index is 627. The van der Waals surface area contributed by atoms with Crippen LogP contribution in [0.2, 0.25) is 0 Å². The van der Waals surface area contributed by atoms with Gasteiger partial charge in [0.2, 0.25) is 0 Å². The topological polar surface area (TPSA) is 82.0 Å². The van der Waals surface area contributed by atoms with Crippen LogP contribution in [0.15, 0.2) is 12.4 Å². The highest BCUT2D eigenvalue weighted by Crippen LogP contribution is 2.19. The van der Waals surface area contributed by atoms with E-state index >= 15 is 0 Å². The maximum atomic E-state index is 12.5. The summed E-state index contributed by atoms with van der Waals surface area (Å²) in [6.45, 7) is 2.45. The number of aryl methyl sites for hydroxylation is 3. The molecule has 20 heavy (non-hydrogen) atoms. The van der Waals surface area contributed by atoms with Crippen molar-refractivity contribution in [1.29, 1.82) is 0 Å². The minimum atomic E-state index is -0.138. The number of hydrogen-bond donors (Lipinski definition) is 1. The van der Waals surface area contributed by atoms with Crippen LogP contribution < -0.4 is 5.73 Å². The van der Waals surface area contributed by atoms with Gasteiger partial charge in [-0.15, -0.1) is 0 Å². The molecule has 7 heteroatoms. The van der Waals surface area contributed by atoms with Crippen molar-refractivity contribution in [3.05, 3.63) is 29.3 Å². The zero-order chi connectivity index (χ0) is 14.9. The molecule has 0 aliphatic carbocycles. The number of carbonyl (C=O) groups excluding carboxylic acids is 1. The summed E-state index contributed by atoms with van der Waals surface area (Å²) in [5, 5.41) is 8.36. The minimum absolute atomic E-state index is 0.138. The molecule has 0 saturated heterocycles. The molecule has 2 N–H and O–H groups in total. The van der Waals surface area contributed by atoms with Gasteiger partial charge in [-0.2, -0.15) is 10.2 Å². The largest absolute Gasteiger partial charge is 0.395 e. The second kappa shape index (κ2) is 5.36. The Balaban J connectivity index is 2.20. The van der Waals surface area contributed by atoms with Crippen molar-refractivity contribution in [2.24, 2.45) is 14.1 Å². The fourth-order valence-corrected chi connectivity index (χ4v) is 2.19. The molecule has 0 radical (unpaired) electrons. The lowest BCUT2D eigenvalue weighted by atomic mass is 10.2. The SMILES string of the molecule is CCc1nn(C)c(C(=O)N(C)Cc2cnn(C)c2)c1N. The van der Waals surface area contributed by atoms with Gasteiger partial charge in [-0.05, 0) is 6.42 Å². The maximum Gasteiger partial charge on any atom is 0.274 e. The molecule has 2 heterocycles. The number of nitrogens with zero attached hydrogens (tertiary/aromatic N) is 5. The summed E-state index contributed by atoms with van der Waals surface area (Å²) in [6.07, 6.45) is 4.33. The molecule has 1 amide bonds. The summed E-state index contributed by atoms with van der Waals surface area (Å²) >= 11 is 0. The molecule has 0 atom stereocenters. The Kier molecular flexibility index (Phi) is 3.78. The van der Waals surface area contributed by atoms with E-state index in [9.17, 15) is 4.79 Å². The van der Waals surface area contributed by atoms with E-state index in [1.807, 2.05) is 20.2 Å². The summed E-state index contributed by atoms with van der Waals surface area (Å²) in [7, 11) is 5.33. The number of amides is 1. The van der Waals surface area contributed by atoms with Gasteiger partial charge < -0.3 is 10.6 Å². The van der Waals surface area contributed by atoms with Crippen LogP contribution in [0.1, 0.15) is 28.7 Å². The summed E-state index contributed by atoms with van der Waals surface area (Å²) in [5.41, 5.74) is 8.64. The smallest absolute Gasteiger partial charge is 0.274 e. The Morgan fingerprint density at radius 1 is 1.45 bits per heavy atom. The van der Waals surface area contributed by atoms with Crippen molar-refractivity contribution in [3.63, 3.8) is 0 Å². The van der Waals surface area contributed by atoms with Crippen molar-refractivity contribution in [3.8, 4) is 0 Å². The van der Waals surface area contributed by atoms with Crippen LogP contribution in [0.25, 0.3) is 0 Å². The Labute approximate surface area is 118 Å². The molecular weight excluding hydrogens is 256 g/mol. The monoisotopic (exact) mass is 276 g/mol. The predicted octanol–water partition coefficient (Wildman–Crippen LogP) is 0.570. The highest BCUT2D eigenvalue weighted by Gasteiger charge is 2.22.